The molecule has 0 radical (unpaired) electrons. The summed E-state index contributed by atoms with van der Waals surface area (Å²) in [5, 5.41) is 2.18. The van der Waals surface area contributed by atoms with Gasteiger partial charge in [-0.15, -0.1) is 0 Å². The molecule has 8 nitrogen and oxygen atoms in total. The lowest BCUT2D eigenvalue weighted by Crippen LogP contribution is -2.27. The van der Waals surface area contributed by atoms with E-state index in [1.165, 1.54) is 11.8 Å². The highest BCUT2D eigenvalue weighted by Crippen LogP contribution is 2.37. The lowest BCUT2D eigenvalue weighted by Gasteiger charge is -2.18. The van der Waals surface area contributed by atoms with Crippen LogP contribution in [0.25, 0.3) is 22.2 Å². The Bertz CT molecular complexity index is 1210. The van der Waals surface area contributed by atoms with Crippen molar-refractivity contribution in [3.05, 3.63) is 35.4 Å². The molecule has 4 aromatic rings. The van der Waals surface area contributed by atoms with Crippen molar-refractivity contribution >= 4 is 51.4 Å². The molecule has 1 aliphatic heterocycles. The van der Waals surface area contributed by atoms with E-state index in [9.17, 15) is 0 Å². The van der Waals surface area contributed by atoms with Crippen LogP contribution in [0.1, 0.15) is 19.0 Å². The van der Waals surface area contributed by atoms with Crippen molar-refractivity contribution in [1.82, 2.24) is 29.9 Å². The van der Waals surface area contributed by atoms with Crippen molar-refractivity contribution in [2.75, 3.05) is 18.0 Å². The molecule has 0 unspecified atom stereocenters. The summed E-state index contributed by atoms with van der Waals surface area (Å²) >= 11 is 8.09. The lowest BCUT2D eigenvalue weighted by molar-refractivity contribution is 0.751. The summed E-state index contributed by atoms with van der Waals surface area (Å²) in [7, 11) is 0. The highest BCUT2D eigenvalue weighted by Gasteiger charge is 2.26. The first kappa shape index (κ1) is 18.5. The van der Waals surface area contributed by atoms with Crippen molar-refractivity contribution in [3.63, 3.8) is 0 Å². The Morgan fingerprint density at radius 2 is 2.14 bits per heavy atom. The number of nitrogens with zero attached hydrogens (tertiary/aromatic N) is 6. The van der Waals surface area contributed by atoms with Crippen molar-refractivity contribution in [2.45, 2.75) is 35.9 Å². The van der Waals surface area contributed by atoms with E-state index in [0.717, 1.165) is 58.9 Å². The SMILES string of the molecule is CCc1[nH]c2nc(Sc3cnc4nccnc4c3)nc(N3CC[C@H](N)C3)c2c1Cl. The molecule has 1 atom stereocenters. The predicted octanol–water partition coefficient (Wildman–Crippen LogP) is 3.20. The number of H-pyrrole nitrogens is 1. The zero-order valence-electron chi connectivity index (χ0n) is 15.8. The summed E-state index contributed by atoms with van der Waals surface area (Å²) in [6.07, 6.45) is 6.78. The van der Waals surface area contributed by atoms with Crippen LogP contribution in [0.4, 0.5) is 5.82 Å². The quantitative estimate of drug-likeness (QED) is 0.479. The van der Waals surface area contributed by atoms with E-state index in [0.29, 0.717) is 15.8 Å². The molecule has 5 rings (SSSR count). The fourth-order valence-corrected chi connectivity index (χ4v) is 4.68. The zero-order valence-corrected chi connectivity index (χ0v) is 17.3. The largest absolute Gasteiger partial charge is 0.354 e. The van der Waals surface area contributed by atoms with E-state index >= 15 is 0 Å². The molecule has 4 aromatic heterocycles. The molecule has 0 bridgehead atoms. The molecule has 148 valence electrons. The first-order valence-electron chi connectivity index (χ1n) is 9.45. The Kier molecular flexibility index (Phi) is 4.73. The normalized spacial score (nSPS) is 16.9. The topological polar surface area (TPSA) is 109 Å². The molecule has 0 amide bonds. The minimum absolute atomic E-state index is 0.141. The van der Waals surface area contributed by atoms with Gasteiger partial charge in [-0.1, -0.05) is 18.5 Å². The highest BCUT2D eigenvalue weighted by molar-refractivity contribution is 7.99. The summed E-state index contributed by atoms with van der Waals surface area (Å²) in [6, 6.07) is 2.08. The van der Waals surface area contributed by atoms with Crippen LogP contribution in [0.3, 0.4) is 0 Å². The minimum Gasteiger partial charge on any atom is -0.354 e. The number of anilines is 1. The van der Waals surface area contributed by atoms with Crippen LogP contribution in [0, 0.1) is 0 Å². The first-order chi connectivity index (χ1) is 14.1. The Morgan fingerprint density at radius 1 is 1.28 bits per heavy atom. The number of aryl methyl sites for hydroxylation is 1. The van der Waals surface area contributed by atoms with Gasteiger partial charge in [-0.2, -0.15) is 0 Å². The molecule has 0 saturated carbocycles. The van der Waals surface area contributed by atoms with E-state index in [-0.39, 0.29) is 6.04 Å². The number of hydrogen-bond acceptors (Lipinski definition) is 8. The maximum Gasteiger partial charge on any atom is 0.196 e. The molecule has 1 fully saturated rings. The number of halogens is 1. The van der Waals surface area contributed by atoms with E-state index in [4.69, 9.17) is 27.3 Å². The van der Waals surface area contributed by atoms with Crippen LogP contribution in [-0.4, -0.2) is 49.0 Å². The van der Waals surface area contributed by atoms with Gasteiger partial charge in [0, 0.05) is 48.3 Å². The van der Waals surface area contributed by atoms with E-state index < -0.39 is 0 Å². The molecule has 1 aliphatic rings. The van der Waals surface area contributed by atoms with Crippen LogP contribution >= 0.6 is 23.4 Å². The van der Waals surface area contributed by atoms with Gasteiger partial charge in [-0.25, -0.2) is 19.9 Å². The summed E-state index contributed by atoms with van der Waals surface area (Å²) in [5.41, 5.74) is 9.20. The summed E-state index contributed by atoms with van der Waals surface area (Å²) in [6.45, 7) is 3.67. The van der Waals surface area contributed by atoms with E-state index in [1.54, 1.807) is 18.6 Å². The molecule has 5 heterocycles. The number of aromatic nitrogens is 6. The number of fused-ring (bicyclic) bond motifs is 2. The van der Waals surface area contributed by atoms with Gasteiger partial charge in [-0.05, 0) is 30.7 Å². The second-order valence-electron chi connectivity index (χ2n) is 6.99. The van der Waals surface area contributed by atoms with Crippen LogP contribution in [0.2, 0.25) is 5.02 Å². The Hall–Kier alpha value is -2.49. The van der Waals surface area contributed by atoms with Crippen LogP contribution in [-0.2, 0) is 6.42 Å². The van der Waals surface area contributed by atoms with E-state index in [1.807, 2.05) is 6.07 Å². The average Bonchev–Trinajstić information content (AvgIpc) is 3.30. The number of pyridine rings is 1. The van der Waals surface area contributed by atoms with Gasteiger partial charge in [0.1, 0.15) is 17.0 Å². The third-order valence-corrected chi connectivity index (χ3v) is 6.25. The number of aromatic amines is 1. The molecule has 3 N–H and O–H groups in total. The van der Waals surface area contributed by atoms with Gasteiger partial charge in [0.2, 0.25) is 0 Å². The fourth-order valence-electron chi connectivity index (χ4n) is 3.57. The molecule has 0 aromatic carbocycles. The molecule has 0 aliphatic carbocycles. The standard InChI is InChI=1S/C19H19ClN8S/c1-2-12-15(20)14-17(25-12)26-19(27-18(14)28-6-3-10(21)9-28)29-11-7-13-16(24-8-11)23-5-4-22-13/h4-5,7-8,10H,2-3,6,9,21H2,1H3,(H,25,26,27)/t10-/m0/s1. The molecular formula is C19H19ClN8S. The van der Waals surface area contributed by atoms with Gasteiger partial charge < -0.3 is 15.6 Å². The van der Waals surface area contributed by atoms with Gasteiger partial charge in [0.15, 0.2) is 10.8 Å². The van der Waals surface area contributed by atoms with Crippen molar-refractivity contribution in [3.8, 4) is 0 Å². The summed E-state index contributed by atoms with van der Waals surface area (Å²) < 4.78 is 0. The van der Waals surface area contributed by atoms with Crippen molar-refractivity contribution in [1.29, 1.82) is 0 Å². The highest BCUT2D eigenvalue weighted by atomic mass is 35.5. The molecule has 29 heavy (non-hydrogen) atoms. The Labute approximate surface area is 176 Å². The summed E-state index contributed by atoms with van der Waals surface area (Å²) in [4.78, 5) is 28.9. The van der Waals surface area contributed by atoms with Gasteiger partial charge in [0.05, 0.1) is 10.4 Å². The van der Waals surface area contributed by atoms with Crippen LogP contribution in [0.15, 0.2) is 34.7 Å². The monoisotopic (exact) mass is 426 g/mol. The van der Waals surface area contributed by atoms with Gasteiger partial charge >= 0.3 is 0 Å². The number of rotatable bonds is 4. The van der Waals surface area contributed by atoms with Gasteiger partial charge in [-0.3, -0.25) is 4.98 Å². The van der Waals surface area contributed by atoms with Crippen molar-refractivity contribution < 1.29 is 0 Å². The molecule has 1 saturated heterocycles. The van der Waals surface area contributed by atoms with E-state index in [2.05, 4.69) is 31.8 Å². The molecule has 10 heteroatoms. The second kappa shape index (κ2) is 7.40. The maximum absolute atomic E-state index is 6.65. The Balaban J connectivity index is 1.59. The van der Waals surface area contributed by atoms with Gasteiger partial charge in [0.25, 0.3) is 0 Å². The maximum atomic E-state index is 6.65. The second-order valence-corrected chi connectivity index (χ2v) is 8.41. The number of hydrogen-bond donors (Lipinski definition) is 2. The minimum atomic E-state index is 0.141. The fraction of sp³-hybridized carbons (Fsp3) is 0.316. The average molecular weight is 427 g/mol. The number of nitrogens with two attached hydrogens (primary N) is 1. The first-order valence-corrected chi connectivity index (χ1v) is 10.6. The van der Waals surface area contributed by atoms with Crippen molar-refractivity contribution in [2.24, 2.45) is 5.73 Å². The number of nitrogens with one attached hydrogen (secondary N) is 1. The zero-order chi connectivity index (χ0) is 20.0. The van der Waals surface area contributed by atoms with Crippen LogP contribution < -0.4 is 10.6 Å². The predicted molar refractivity (Wildman–Crippen MR) is 115 cm³/mol. The molecule has 0 spiro atoms. The Morgan fingerprint density at radius 3 is 2.93 bits per heavy atom. The lowest BCUT2D eigenvalue weighted by atomic mass is 10.3. The van der Waals surface area contributed by atoms with Crippen LogP contribution in [0.5, 0.6) is 0 Å². The third-order valence-electron chi connectivity index (χ3n) is 5.01. The summed E-state index contributed by atoms with van der Waals surface area (Å²) in [5.74, 6) is 0.833. The third kappa shape index (κ3) is 3.39. The smallest absolute Gasteiger partial charge is 0.196 e. The molecular weight excluding hydrogens is 408 g/mol.